The van der Waals surface area contributed by atoms with E-state index in [-0.39, 0.29) is 24.9 Å². The molecule has 6 nitrogen and oxygen atoms in total. The Labute approximate surface area is 121 Å². The number of benzene rings is 1. The van der Waals surface area contributed by atoms with E-state index >= 15 is 0 Å². The van der Waals surface area contributed by atoms with E-state index < -0.39 is 6.04 Å². The number of nitrogens with one attached hydrogen (secondary N) is 2. The highest BCUT2D eigenvalue weighted by Crippen LogP contribution is 2.22. The first kappa shape index (κ1) is 15.7. The zero-order valence-corrected chi connectivity index (χ0v) is 11.7. The average Bonchev–Trinajstić information content (AvgIpc) is 2.73. The highest BCUT2D eigenvalue weighted by atomic mass is 35.5. The number of imidazole rings is 1. The molecular formula is C11H14Cl2N4O2. The average molecular weight is 305 g/mol. The number of carbonyl (C=O) groups excluding carboxylic acids is 1. The fourth-order valence-corrected chi connectivity index (χ4v) is 1.74. The molecule has 0 saturated heterocycles. The van der Waals surface area contributed by atoms with Crippen LogP contribution in [0.15, 0.2) is 18.2 Å². The fourth-order valence-electron chi connectivity index (χ4n) is 1.52. The van der Waals surface area contributed by atoms with Gasteiger partial charge in [0.15, 0.2) is 0 Å². The number of para-hydroxylation sites is 1. The van der Waals surface area contributed by atoms with Crippen LogP contribution in [0, 0.1) is 0 Å². The van der Waals surface area contributed by atoms with Crippen LogP contribution in [-0.4, -0.2) is 35.6 Å². The van der Waals surface area contributed by atoms with Crippen molar-refractivity contribution >= 4 is 46.9 Å². The largest absolute Gasteiger partial charge is 0.383 e. The molecule has 0 aliphatic heterocycles. The number of nitrogens with two attached hydrogens (primary N) is 1. The molecule has 19 heavy (non-hydrogen) atoms. The number of rotatable bonds is 4. The maximum absolute atomic E-state index is 11.7. The number of ether oxygens (including phenoxy) is 1. The number of H-pyrrole nitrogens is 1. The minimum atomic E-state index is -0.737. The van der Waals surface area contributed by atoms with Crippen LogP contribution in [0.4, 0.5) is 5.95 Å². The minimum absolute atomic E-state index is 0. The molecule has 0 bridgehead atoms. The third-order valence-corrected chi connectivity index (χ3v) is 2.69. The third kappa shape index (κ3) is 3.57. The second kappa shape index (κ2) is 6.72. The predicted molar refractivity (Wildman–Crippen MR) is 76.8 cm³/mol. The number of fused-ring (bicyclic) bond motifs is 1. The molecule has 1 heterocycles. The van der Waals surface area contributed by atoms with Gasteiger partial charge in [0.25, 0.3) is 0 Å². The summed E-state index contributed by atoms with van der Waals surface area (Å²) in [5, 5.41) is 3.09. The van der Waals surface area contributed by atoms with E-state index in [1.165, 1.54) is 7.11 Å². The summed E-state index contributed by atoms with van der Waals surface area (Å²) in [4.78, 5) is 18.8. The first-order valence-electron chi connectivity index (χ1n) is 5.31. The Balaban J connectivity index is 0.00000180. The smallest absolute Gasteiger partial charge is 0.245 e. The molecule has 1 atom stereocenters. The van der Waals surface area contributed by atoms with Crippen molar-refractivity contribution in [3.05, 3.63) is 23.2 Å². The zero-order valence-electron chi connectivity index (χ0n) is 10.1. The summed E-state index contributed by atoms with van der Waals surface area (Å²) in [6.07, 6.45) is 0. The quantitative estimate of drug-likeness (QED) is 0.799. The Hall–Kier alpha value is -1.34. The number of hydrogen-bond acceptors (Lipinski definition) is 4. The van der Waals surface area contributed by atoms with Gasteiger partial charge in [-0.15, -0.1) is 12.4 Å². The molecule has 1 amide bonds. The highest BCUT2D eigenvalue weighted by Gasteiger charge is 2.15. The molecule has 4 N–H and O–H groups in total. The normalized spacial score (nSPS) is 11.9. The first-order chi connectivity index (χ1) is 8.61. The van der Waals surface area contributed by atoms with E-state index in [0.29, 0.717) is 16.5 Å². The molecule has 0 aliphatic rings. The topological polar surface area (TPSA) is 93.0 Å². The predicted octanol–water partition coefficient (Wildman–Crippen LogP) is 1.55. The summed E-state index contributed by atoms with van der Waals surface area (Å²) in [6.45, 7) is 0.146. The van der Waals surface area contributed by atoms with Crippen LogP contribution in [0.5, 0.6) is 0 Å². The molecule has 0 fully saturated rings. The number of aromatic amines is 1. The number of nitrogens with zero attached hydrogens (tertiary/aromatic N) is 1. The SMILES string of the molecule is COCC(N)C(=O)Nc1nc2c(Cl)cccc2[nH]1.Cl. The van der Waals surface area contributed by atoms with Crippen molar-refractivity contribution in [2.24, 2.45) is 5.73 Å². The van der Waals surface area contributed by atoms with E-state index in [1.54, 1.807) is 12.1 Å². The summed E-state index contributed by atoms with van der Waals surface area (Å²) in [5.41, 5.74) is 6.95. The molecule has 8 heteroatoms. The Bertz CT molecular complexity index is 573. The van der Waals surface area contributed by atoms with Gasteiger partial charge in [0.05, 0.1) is 17.1 Å². The molecular weight excluding hydrogens is 291 g/mol. The number of anilines is 1. The Kier molecular flexibility index (Phi) is 5.56. The van der Waals surface area contributed by atoms with Gasteiger partial charge in [-0.2, -0.15) is 0 Å². The molecule has 1 aromatic heterocycles. The Morgan fingerprint density at radius 3 is 3.00 bits per heavy atom. The van der Waals surface area contributed by atoms with E-state index in [9.17, 15) is 4.79 Å². The molecule has 0 spiro atoms. The van der Waals surface area contributed by atoms with Crippen LogP contribution >= 0.6 is 24.0 Å². The lowest BCUT2D eigenvalue weighted by atomic mass is 10.3. The van der Waals surface area contributed by atoms with Gasteiger partial charge in [0.2, 0.25) is 11.9 Å². The lowest BCUT2D eigenvalue weighted by Crippen LogP contribution is -2.39. The maximum atomic E-state index is 11.7. The van der Waals surface area contributed by atoms with Crippen molar-refractivity contribution in [3.63, 3.8) is 0 Å². The van der Waals surface area contributed by atoms with Crippen molar-refractivity contribution in [3.8, 4) is 0 Å². The Morgan fingerprint density at radius 1 is 1.63 bits per heavy atom. The molecule has 1 unspecified atom stereocenters. The van der Waals surface area contributed by atoms with E-state index in [4.69, 9.17) is 22.1 Å². The second-order valence-electron chi connectivity index (χ2n) is 3.77. The van der Waals surface area contributed by atoms with Gasteiger partial charge in [-0.25, -0.2) is 4.98 Å². The number of amides is 1. The molecule has 104 valence electrons. The second-order valence-corrected chi connectivity index (χ2v) is 4.18. The van der Waals surface area contributed by atoms with Crippen LogP contribution in [0.1, 0.15) is 0 Å². The van der Waals surface area contributed by atoms with E-state index in [0.717, 1.165) is 5.52 Å². The van der Waals surface area contributed by atoms with Gasteiger partial charge in [-0.05, 0) is 12.1 Å². The Morgan fingerprint density at radius 2 is 2.37 bits per heavy atom. The number of carbonyl (C=O) groups is 1. The summed E-state index contributed by atoms with van der Waals surface area (Å²) in [7, 11) is 1.48. The lowest BCUT2D eigenvalue weighted by Gasteiger charge is -2.08. The highest BCUT2D eigenvalue weighted by molar-refractivity contribution is 6.35. The summed E-state index contributed by atoms with van der Waals surface area (Å²) >= 11 is 5.98. The van der Waals surface area contributed by atoms with E-state index in [1.807, 2.05) is 6.07 Å². The van der Waals surface area contributed by atoms with Gasteiger partial charge in [0.1, 0.15) is 11.6 Å². The fraction of sp³-hybridized carbons (Fsp3) is 0.273. The minimum Gasteiger partial charge on any atom is -0.383 e. The van der Waals surface area contributed by atoms with Crippen LogP contribution in [0.3, 0.4) is 0 Å². The van der Waals surface area contributed by atoms with Gasteiger partial charge in [-0.1, -0.05) is 17.7 Å². The van der Waals surface area contributed by atoms with Crippen LogP contribution < -0.4 is 11.1 Å². The standard InChI is InChI=1S/C11H13ClN4O2.ClH/c1-18-5-7(13)10(17)16-11-14-8-4-2-3-6(12)9(8)15-11;/h2-4,7H,5,13H2,1H3,(H2,14,15,16,17);1H. The van der Waals surface area contributed by atoms with Gasteiger partial charge >= 0.3 is 0 Å². The molecule has 2 rings (SSSR count). The molecule has 2 aromatic rings. The molecule has 0 saturated carbocycles. The molecule has 0 aliphatic carbocycles. The molecule has 0 radical (unpaired) electrons. The monoisotopic (exact) mass is 304 g/mol. The number of hydrogen-bond donors (Lipinski definition) is 3. The zero-order chi connectivity index (χ0) is 13.1. The van der Waals surface area contributed by atoms with Gasteiger partial charge in [-0.3, -0.25) is 10.1 Å². The third-order valence-electron chi connectivity index (χ3n) is 2.39. The van der Waals surface area contributed by atoms with Crippen molar-refractivity contribution < 1.29 is 9.53 Å². The summed E-state index contributed by atoms with van der Waals surface area (Å²) in [6, 6.07) is 4.61. The van der Waals surface area contributed by atoms with Gasteiger partial charge < -0.3 is 15.5 Å². The van der Waals surface area contributed by atoms with Crippen molar-refractivity contribution in [2.45, 2.75) is 6.04 Å². The summed E-state index contributed by atoms with van der Waals surface area (Å²) < 4.78 is 4.80. The van der Waals surface area contributed by atoms with E-state index in [2.05, 4.69) is 15.3 Å². The number of methoxy groups -OCH3 is 1. The van der Waals surface area contributed by atoms with Crippen LogP contribution in [-0.2, 0) is 9.53 Å². The lowest BCUT2D eigenvalue weighted by molar-refractivity contribution is -0.118. The summed E-state index contributed by atoms with van der Waals surface area (Å²) in [5.74, 6) is -0.0540. The van der Waals surface area contributed by atoms with Gasteiger partial charge in [0, 0.05) is 7.11 Å². The van der Waals surface area contributed by atoms with Crippen molar-refractivity contribution in [1.82, 2.24) is 9.97 Å². The van der Waals surface area contributed by atoms with Crippen LogP contribution in [0.2, 0.25) is 5.02 Å². The first-order valence-corrected chi connectivity index (χ1v) is 5.69. The van der Waals surface area contributed by atoms with Crippen molar-refractivity contribution in [1.29, 1.82) is 0 Å². The van der Waals surface area contributed by atoms with Crippen molar-refractivity contribution in [2.75, 3.05) is 19.0 Å². The van der Waals surface area contributed by atoms with Crippen LogP contribution in [0.25, 0.3) is 11.0 Å². The number of halogens is 2. The number of aromatic nitrogens is 2. The molecule has 1 aromatic carbocycles. The maximum Gasteiger partial charge on any atom is 0.245 e.